The van der Waals surface area contributed by atoms with Gasteiger partial charge in [-0.2, -0.15) is 5.10 Å². The summed E-state index contributed by atoms with van der Waals surface area (Å²) in [6, 6.07) is 4.60. The Morgan fingerprint density at radius 3 is 2.65 bits per heavy atom. The molecule has 20 heavy (non-hydrogen) atoms. The van der Waals surface area contributed by atoms with Crippen molar-refractivity contribution in [3.63, 3.8) is 0 Å². The lowest BCUT2D eigenvalue weighted by Gasteiger charge is -2.08. The first-order valence-electron chi connectivity index (χ1n) is 6.27. The van der Waals surface area contributed by atoms with E-state index in [1.165, 1.54) is 12.1 Å². The lowest BCUT2D eigenvalue weighted by molar-refractivity contribution is 0.625. The van der Waals surface area contributed by atoms with E-state index in [0.29, 0.717) is 11.6 Å². The molecular weight excluding hydrogens is 257 g/mol. The predicted octanol–water partition coefficient (Wildman–Crippen LogP) is 2.72. The second-order valence-electron chi connectivity index (χ2n) is 4.71. The number of benzene rings is 1. The van der Waals surface area contributed by atoms with Crippen LogP contribution in [0.4, 0.5) is 4.39 Å². The molecule has 1 aromatic carbocycles. The second kappa shape index (κ2) is 4.56. The molecular formula is C14H14FN5. The molecule has 0 radical (unpaired) electrons. The van der Waals surface area contributed by atoms with Crippen molar-refractivity contribution in [2.45, 2.75) is 20.8 Å². The van der Waals surface area contributed by atoms with Crippen molar-refractivity contribution >= 4 is 0 Å². The van der Waals surface area contributed by atoms with Gasteiger partial charge in [-0.25, -0.2) is 19.0 Å². The van der Waals surface area contributed by atoms with E-state index in [9.17, 15) is 4.39 Å². The van der Waals surface area contributed by atoms with Crippen molar-refractivity contribution in [3.05, 3.63) is 47.4 Å². The standard InChI is InChI=1S/C14H14FN5/c1-8-6-11(15)4-5-13(8)20-14(18-10(3)19-20)12-7-16-9(2)17-12/h4-7H,1-3H3,(H,16,17). The summed E-state index contributed by atoms with van der Waals surface area (Å²) in [6.45, 7) is 5.54. The largest absolute Gasteiger partial charge is 0.340 e. The highest BCUT2D eigenvalue weighted by atomic mass is 19.1. The predicted molar refractivity (Wildman–Crippen MR) is 73.1 cm³/mol. The highest BCUT2D eigenvalue weighted by molar-refractivity contribution is 5.54. The molecule has 0 spiro atoms. The van der Waals surface area contributed by atoms with Crippen LogP contribution in [-0.4, -0.2) is 24.7 Å². The lowest BCUT2D eigenvalue weighted by atomic mass is 10.2. The Kier molecular flexibility index (Phi) is 2.85. The average Bonchev–Trinajstić information content (AvgIpc) is 2.95. The Balaban J connectivity index is 2.19. The molecule has 5 nitrogen and oxygen atoms in total. The smallest absolute Gasteiger partial charge is 0.181 e. The summed E-state index contributed by atoms with van der Waals surface area (Å²) < 4.78 is 14.9. The van der Waals surface area contributed by atoms with Crippen LogP contribution in [0.2, 0.25) is 0 Å². The van der Waals surface area contributed by atoms with Gasteiger partial charge in [0.15, 0.2) is 5.82 Å². The number of aromatic nitrogens is 5. The summed E-state index contributed by atoms with van der Waals surface area (Å²) in [6.07, 6.45) is 1.72. The topological polar surface area (TPSA) is 59.4 Å². The zero-order chi connectivity index (χ0) is 14.3. The molecule has 0 fully saturated rings. The molecule has 6 heteroatoms. The van der Waals surface area contributed by atoms with Crippen LogP contribution in [0.1, 0.15) is 17.2 Å². The Bertz CT molecular complexity index is 772. The van der Waals surface area contributed by atoms with Crippen LogP contribution >= 0.6 is 0 Å². The molecule has 3 rings (SSSR count). The zero-order valence-corrected chi connectivity index (χ0v) is 11.5. The number of nitrogens with one attached hydrogen (secondary N) is 1. The summed E-state index contributed by atoms with van der Waals surface area (Å²) in [5.41, 5.74) is 2.38. The Morgan fingerprint density at radius 1 is 1.20 bits per heavy atom. The fourth-order valence-corrected chi connectivity index (χ4v) is 2.15. The first-order valence-corrected chi connectivity index (χ1v) is 6.27. The van der Waals surface area contributed by atoms with Gasteiger partial charge < -0.3 is 4.98 Å². The van der Waals surface area contributed by atoms with Crippen LogP contribution < -0.4 is 0 Å². The molecule has 3 aromatic rings. The maximum Gasteiger partial charge on any atom is 0.181 e. The van der Waals surface area contributed by atoms with Crippen molar-refractivity contribution in [2.75, 3.05) is 0 Å². The van der Waals surface area contributed by atoms with Gasteiger partial charge in [-0.15, -0.1) is 0 Å². The zero-order valence-electron chi connectivity index (χ0n) is 11.5. The van der Waals surface area contributed by atoms with Gasteiger partial charge in [0, 0.05) is 0 Å². The molecule has 0 saturated carbocycles. The van der Waals surface area contributed by atoms with Gasteiger partial charge in [0.05, 0.1) is 11.9 Å². The molecule has 0 aliphatic carbocycles. The molecule has 1 N–H and O–H groups in total. The van der Waals surface area contributed by atoms with Crippen molar-refractivity contribution in [2.24, 2.45) is 0 Å². The number of rotatable bonds is 2. The van der Waals surface area contributed by atoms with Gasteiger partial charge in [0.25, 0.3) is 0 Å². The van der Waals surface area contributed by atoms with E-state index in [0.717, 1.165) is 22.8 Å². The third kappa shape index (κ3) is 2.09. The Morgan fingerprint density at radius 2 is 2.00 bits per heavy atom. The molecule has 0 bridgehead atoms. The highest BCUT2D eigenvalue weighted by Crippen LogP contribution is 2.22. The molecule has 0 saturated heterocycles. The molecule has 2 aromatic heterocycles. The fraction of sp³-hybridized carbons (Fsp3) is 0.214. The number of H-pyrrole nitrogens is 1. The van der Waals surface area contributed by atoms with Gasteiger partial charge in [0.2, 0.25) is 0 Å². The molecule has 102 valence electrons. The van der Waals surface area contributed by atoms with E-state index in [2.05, 4.69) is 20.1 Å². The fourth-order valence-electron chi connectivity index (χ4n) is 2.15. The normalized spacial score (nSPS) is 11.0. The van der Waals surface area contributed by atoms with Gasteiger partial charge >= 0.3 is 0 Å². The SMILES string of the molecule is Cc1nc(-c2cnc(C)[nH]2)n(-c2ccc(F)cc2C)n1. The van der Waals surface area contributed by atoms with Crippen LogP contribution in [0.15, 0.2) is 24.4 Å². The minimum Gasteiger partial charge on any atom is -0.340 e. The monoisotopic (exact) mass is 271 g/mol. The maximum atomic E-state index is 13.2. The van der Waals surface area contributed by atoms with Gasteiger partial charge in [-0.05, 0) is 44.5 Å². The highest BCUT2D eigenvalue weighted by Gasteiger charge is 2.15. The van der Waals surface area contributed by atoms with E-state index < -0.39 is 0 Å². The first kappa shape index (κ1) is 12.5. The number of aryl methyl sites for hydroxylation is 3. The van der Waals surface area contributed by atoms with Crippen LogP contribution in [-0.2, 0) is 0 Å². The summed E-state index contributed by atoms with van der Waals surface area (Å²) in [5, 5.41) is 4.39. The van der Waals surface area contributed by atoms with E-state index in [1.807, 2.05) is 20.8 Å². The van der Waals surface area contributed by atoms with E-state index in [1.54, 1.807) is 16.9 Å². The molecule has 0 unspecified atom stereocenters. The quantitative estimate of drug-likeness (QED) is 0.779. The molecule has 0 aliphatic heterocycles. The first-order chi connectivity index (χ1) is 9.54. The van der Waals surface area contributed by atoms with Crippen molar-refractivity contribution in [1.82, 2.24) is 24.7 Å². The van der Waals surface area contributed by atoms with E-state index in [4.69, 9.17) is 0 Å². The number of halogens is 1. The minimum atomic E-state index is -0.262. The van der Waals surface area contributed by atoms with E-state index >= 15 is 0 Å². The van der Waals surface area contributed by atoms with Crippen LogP contribution in [0.5, 0.6) is 0 Å². The lowest BCUT2D eigenvalue weighted by Crippen LogP contribution is -2.02. The average molecular weight is 271 g/mol. The number of aromatic amines is 1. The third-order valence-corrected chi connectivity index (χ3v) is 3.04. The summed E-state index contributed by atoms with van der Waals surface area (Å²) >= 11 is 0. The summed E-state index contributed by atoms with van der Waals surface area (Å²) in [4.78, 5) is 11.7. The number of imidazole rings is 1. The van der Waals surface area contributed by atoms with Crippen molar-refractivity contribution in [1.29, 1.82) is 0 Å². The van der Waals surface area contributed by atoms with Gasteiger partial charge in [0.1, 0.15) is 23.2 Å². The molecule has 0 atom stereocenters. The van der Waals surface area contributed by atoms with Gasteiger partial charge in [-0.1, -0.05) is 0 Å². The molecule has 2 heterocycles. The number of hydrogen-bond acceptors (Lipinski definition) is 3. The van der Waals surface area contributed by atoms with Crippen molar-refractivity contribution < 1.29 is 4.39 Å². The van der Waals surface area contributed by atoms with Crippen LogP contribution in [0, 0.1) is 26.6 Å². The number of nitrogens with zero attached hydrogens (tertiary/aromatic N) is 4. The van der Waals surface area contributed by atoms with Crippen LogP contribution in [0.3, 0.4) is 0 Å². The number of hydrogen-bond donors (Lipinski definition) is 1. The third-order valence-electron chi connectivity index (χ3n) is 3.04. The van der Waals surface area contributed by atoms with Crippen LogP contribution in [0.25, 0.3) is 17.2 Å². The summed E-state index contributed by atoms with van der Waals surface area (Å²) in [7, 11) is 0. The summed E-state index contributed by atoms with van der Waals surface area (Å²) in [5.74, 6) is 1.86. The molecule has 0 aliphatic rings. The van der Waals surface area contributed by atoms with E-state index in [-0.39, 0.29) is 5.82 Å². The van der Waals surface area contributed by atoms with Gasteiger partial charge in [-0.3, -0.25) is 0 Å². The molecule has 0 amide bonds. The minimum absolute atomic E-state index is 0.262. The van der Waals surface area contributed by atoms with Crippen molar-refractivity contribution in [3.8, 4) is 17.2 Å². The maximum absolute atomic E-state index is 13.2. The second-order valence-corrected chi connectivity index (χ2v) is 4.71. The Hall–Kier alpha value is -2.50. The Labute approximate surface area is 115 Å².